The molecule has 0 radical (unpaired) electrons. The second-order valence-corrected chi connectivity index (χ2v) is 8.95. The average molecular weight is 407 g/mol. The third-order valence-electron chi connectivity index (χ3n) is 7.35. The molecule has 2 aliphatic carbocycles. The van der Waals surface area contributed by atoms with Crippen LogP contribution < -0.4 is 10.6 Å². The number of piperidine rings is 1. The smallest absolute Gasteiger partial charge is 0.238 e. The summed E-state index contributed by atoms with van der Waals surface area (Å²) in [6.45, 7) is 5.00. The maximum atomic E-state index is 14.7. The van der Waals surface area contributed by atoms with Crippen molar-refractivity contribution in [3.05, 3.63) is 42.0 Å². The van der Waals surface area contributed by atoms with Gasteiger partial charge in [-0.15, -0.1) is 0 Å². The Morgan fingerprint density at radius 1 is 1.43 bits per heavy atom. The fourth-order valence-electron chi connectivity index (χ4n) is 5.79. The lowest BCUT2D eigenvalue weighted by atomic mass is 9.94. The van der Waals surface area contributed by atoms with Gasteiger partial charge in [0, 0.05) is 30.8 Å². The van der Waals surface area contributed by atoms with E-state index in [-0.39, 0.29) is 24.2 Å². The Hall–Kier alpha value is -2.72. The molecule has 2 heterocycles. The largest absolute Gasteiger partial charge is 0.339 e. The van der Waals surface area contributed by atoms with Crippen LogP contribution in [-0.4, -0.2) is 33.8 Å². The number of halogens is 1. The molecule has 2 aromatic rings. The van der Waals surface area contributed by atoms with Gasteiger partial charge in [0.25, 0.3) is 0 Å². The van der Waals surface area contributed by atoms with Crippen molar-refractivity contribution in [2.45, 2.75) is 51.4 Å². The lowest BCUT2D eigenvalue weighted by Crippen LogP contribution is -2.51. The molecule has 3 aliphatic rings. The van der Waals surface area contributed by atoms with Crippen LogP contribution in [0.1, 0.15) is 25.8 Å². The van der Waals surface area contributed by atoms with Gasteiger partial charge < -0.3 is 10.6 Å². The summed E-state index contributed by atoms with van der Waals surface area (Å²) >= 11 is 0. The van der Waals surface area contributed by atoms with E-state index in [0.717, 1.165) is 30.0 Å². The highest BCUT2D eigenvalue weighted by atomic mass is 19.1. The third-order valence-corrected chi connectivity index (χ3v) is 7.35. The van der Waals surface area contributed by atoms with Crippen LogP contribution in [0.25, 0.3) is 11.1 Å². The maximum Gasteiger partial charge on any atom is 0.238 e. The number of hydrogen-bond donors (Lipinski definition) is 2. The van der Waals surface area contributed by atoms with E-state index in [0.29, 0.717) is 29.4 Å². The van der Waals surface area contributed by atoms with Crippen molar-refractivity contribution >= 4 is 5.91 Å². The second-order valence-electron chi connectivity index (χ2n) is 8.95. The van der Waals surface area contributed by atoms with Crippen LogP contribution >= 0.6 is 0 Å². The number of fused-ring (bicyclic) bond motifs is 5. The first-order valence-electron chi connectivity index (χ1n) is 10.8. The van der Waals surface area contributed by atoms with E-state index in [4.69, 9.17) is 0 Å². The Kier molecular flexibility index (Phi) is 4.62. The minimum atomic E-state index is -0.756. The molecular weight excluding hydrogens is 381 g/mol. The SMILES string of the molecule is CCn1cc(-c2ccc(C[C@@H](C#N)NC(=O)[C@H]3N[C@H]4C[C@@H]3C3C(C)C34)c(F)c2)cn1. The maximum absolute atomic E-state index is 14.7. The minimum absolute atomic E-state index is 0.129. The van der Waals surface area contributed by atoms with Crippen molar-refractivity contribution in [3.8, 4) is 17.2 Å². The summed E-state index contributed by atoms with van der Waals surface area (Å²) in [4.78, 5) is 12.8. The molecule has 1 amide bonds. The molecule has 0 spiro atoms. The lowest BCUT2D eigenvalue weighted by Gasteiger charge is -2.23. The van der Waals surface area contributed by atoms with Crippen molar-refractivity contribution in [2.24, 2.45) is 23.7 Å². The van der Waals surface area contributed by atoms with Crippen molar-refractivity contribution < 1.29 is 9.18 Å². The van der Waals surface area contributed by atoms with E-state index in [1.165, 1.54) is 6.07 Å². The Morgan fingerprint density at radius 3 is 2.93 bits per heavy atom. The number of nitriles is 1. The van der Waals surface area contributed by atoms with Gasteiger partial charge >= 0.3 is 0 Å². The van der Waals surface area contributed by atoms with E-state index >= 15 is 0 Å². The van der Waals surface area contributed by atoms with Crippen molar-refractivity contribution in [3.63, 3.8) is 0 Å². The molecule has 156 valence electrons. The molecule has 5 rings (SSSR count). The number of rotatable bonds is 6. The topological polar surface area (TPSA) is 82.7 Å². The summed E-state index contributed by atoms with van der Waals surface area (Å²) in [7, 11) is 0. The molecular formula is C23H26FN5O. The molecule has 3 unspecified atom stereocenters. The molecule has 6 nitrogen and oxygen atoms in total. The first kappa shape index (κ1) is 19.3. The fourth-order valence-corrected chi connectivity index (χ4v) is 5.79. The number of nitrogens with one attached hydrogen (secondary N) is 2. The molecule has 1 saturated heterocycles. The molecule has 1 aromatic carbocycles. The molecule has 7 atom stereocenters. The minimum Gasteiger partial charge on any atom is -0.339 e. The first-order valence-corrected chi connectivity index (χ1v) is 10.8. The van der Waals surface area contributed by atoms with Gasteiger partial charge in [-0.25, -0.2) is 4.39 Å². The first-order chi connectivity index (χ1) is 14.5. The molecule has 30 heavy (non-hydrogen) atoms. The van der Waals surface area contributed by atoms with Crippen LogP contribution in [0.2, 0.25) is 0 Å². The number of hydrogen-bond acceptors (Lipinski definition) is 4. The highest BCUT2D eigenvalue weighted by Crippen LogP contribution is 2.64. The van der Waals surface area contributed by atoms with Crippen LogP contribution in [-0.2, 0) is 17.8 Å². The van der Waals surface area contributed by atoms with Gasteiger partial charge in [0.05, 0.1) is 18.3 Å². The van der Waals surface area contributed by atoms with Crippen LogP contribution in [0, 0.1) is 40.8 Å². The summed E-state index contributed by atoms with van der Waals surface area (Å²) < 4.78 is 16.5. The van der Waals surface area contributed by atoms with Crippen molar-refractivity contribution in [1.29, 1.82) is 5.26 Å². The van der Waals surface area contributed by atoms with E-state index < -0.39 is 6.04 Å². The summed E-state index contributed by atoms with van der Waals surface area (Å²) in [6.07, 6.45) is 4.79. The summed E-state index contributed by atoms with van der Waals surface area (Å²) in [5.41, 5.74) is 2.01. The molecule has 2 N–H and O–H groups in total. The summed E-state index contributed by atoms with van der Waals surface area (Å²) in [5, 5.41) is 20.1. The van der Waals surface area contributed by atoms with E-state index in [1.54, 1.807) is 16.9 Å². The highest BCUT2D eigenvalue weighted by Gasteiger charge is 2.67. The van der Waals surface area contributed by atoms with Gasteiger partial charge in [-0.1, -0.05) is 19.1 Å². The van der Waals surface area contributed by atoms with Crippen LogP contribution in [0.3, 0.4) is 0 Å². The number of aromatic nitrogens is 2. The van der Waals surface area contributed by atoms with Gasteiger partial charge in [-0.3, -0.25) is 9.48 Å². The Morgan fingerprint density at radius 2 is 2.27 bits per heavy atom. The number of benzene rings is 1. The van der Waals surface area contributed by atoms with Crippen LogP contribution in [0.5, 0.6) is 0 Å². The van der Waals surface area contributed by atoms with E-state index in [9.17, 15) is 14.4 Å². The fraction of sp³-hybridized carbons (Fsp3) is 0.522. The quantitative estimate of drug-likeness (QED) is 0.771. The summed E-state index contributed by atoms with van der Waals surface area (Å²) in [5.74, 6) is 1.93. The molecule has 1 aliphatic heterocycles. The van der Waals surface area contributed by atoms with Crippen molar-refractivity contribution in [1.82, 2.24) is 20.4 Å². The van der Waals surface area contributed by atoms with E-state index in [2.05, 4.69) is 28.7 Å². The second kappa shape index (κ2) is 7.21. The van der Waals surface area contributed by atoms with Gasteiger partial charge in [-0.2, -0.15) is 10.4 Å². The Labute approximate surface area is 175 Å². The molecule has 1 aromatic heterocycles. The van der Waals surface area contributed by atoms with Gasteiger partial charge in [0.1, 0.15) is 11.9 Å². The number of aryl methyl sites for hydroxylation is 1. The average Bonchev–Trinajstić information content (AvgIpc) is 3.18. The summed E-state index contributed by atoms with van der Waals surface area (Å²) in [6, 6.07) is 6.57. The molecule has 7 heteroatoms. The molecule has 3 fully saturated rings. The van der Waals surface area contributed by atoms with Gasteiger partial charge in [0.15, 0.2) is 0 Å². The van der Waals surface area contributed by atoms with Crippen LogP contribution in [0.4, 0.5) is 4.39 Å². The van der Waals surface area contributed by atoms with E-state index in [1.807, 2.05) is 19.2 Å². The van der Waals surface area contributed by atoms with Gasteiger partial charge in [0.2, 0.25) is 5.91 Å². The third kappa shape index (κ3) is 3.10. The van der Waals surface area contributed by atoms with Crippen molar-refractivity contribution in [2.75, 3.05) is 0 Å². The predicted octanol–water partition coefficient (Wildman–Crippen LogP) is 2.50. The monoisotopic (exact) mass is 407 g/mol. The zero-order chi connectivity index (χ0) is 21.0. The molecule has 2 bridgehead atoms. The van der Waals surface area contributed by atoms with Gasteiger partial charge in [-0.05, 0) is 54.2 Å². The zero-order valence-electron chi connectivity index (χ0n) is 17.2. The Bertz CT molecular complexity index is 1020. The number of carbonyl (C=O) groups is 1. The zero-order valence-corrected chi connectivity index (χ0v) is 17.2. The Balaban J connectivity index is 1.24. The number of nitrogens with zero attached hydrogens (tertiary/aromatic N) is 3. The highest BCUT2D eigenvalue weighted by molar-refractivity contribution is 5.83. The lowest BCUT2D eigenvalue weighted by molar-refractivity contribution is -0.124. The number of amides is 1. The molecule has 2 saturated carbocycles. The van der Waals surface area contributed by atoms with Crippen LogP contribution in [0.15, 0.2) is 30.6 Å². The normalized spacial score (nSPS) is 31.8. The standard InChI is InChI=1S/C23H26FN5O/c1-3-29-11-15(10-26-29)13-4-5-14(18(24)7-13)6-16(9-25)27-23(30)22-17-8-19(28-22)21-12(2)20(17)21/h4-5,7,10-12,16-17,19-22,28H,3,6,8H2,1-2H3,(H,27,30)/t12?,16-,17+,19-,20?,21?,22-/m0/s1. The number of carbonyl (C=O) groups excluding carboxylic acids is 1. The predicted molar refractivity (Wildman–Crippen MR) is 110 cm³/mol.